The van der Waals surface area contributed by atoms with Crippen molar-refractivity contribution < 1.29 is 9.66 Å². The molecule has 0 aliphatic carbocycles. The van der Waals surface area contributed by atoms with Gasteiger partial charge in [0.25, 0.3) is 5.69 Å². The van der Waals surface area contributed by atoms with Crippen molar-refractivity contribution in [1.29, 1.82) is 0 Å². The monoisotopic (exact) mass is 351 g/mol. The van der Waals surface area contributed by atoms with E-state index >= 15 is 0 Å². The number of aromatic nitrogens is 2. The van der Waals surface area contributed by atoms with Gasteiger partial charge < -0.3 is 15.8 Å². The first-order valence-electron chi connectivity index (χ1n) is 7.80. The van der Waals surface area contributed by atoms with Gasteiger partial charge in [-0.25, -0.2) is 9.97 Å². The first-order valence-corrected chi connectivity index (χ1v) is 7.80. The fourth-order valence-electron chi connectivity index (χ4n) is 2.44. The van der Waals surface area contributed by atoms with E-state index in [1.165, 1.54) is 18.5 Å². The normalized spacial score (nSPS) is 10.3. The van der Waals surface area contributed by atoms with E-state index in [4.69, 9.17) is 10.5 Å². The molecular formula is C18H17N5O3. The molecule has 0 atom stereocenters. The number of rotatable bonds is 6. The molecule has 3 rings (SSSR count). The molecule has 26 heavy (non-hydrogen) atoms. The standard InChI is InChI=1S/C18H17N5O3/c1-26-15-5-2-12(3-6-15)9-20-16-7-4-13(8-17(16)23(24)25)14-10-21-18(19)22-11-14/h2-8,10-11,20H,9H2,1H3,(H2,19,21,22). The maximum atomic E-state index is 11.5. The third kappa shape index (κ3) is 3.86. The van der Waals surface area contributed by atoms with E-state index < -0.39 is 4.92 Å². The van der Waals surface area contributed by atoms with Crippen molar-refractivity contribution in [3.63, 3.8) is 0 Å². The Labute approximate surface area is 149 Å². The van der Waals surface area contributed by atoms with Gasteiger partial charge in [-0.3, -0.25) is 10.1 Å². The van der Waals surface area contributed by atoms with Gasteiger partial charge in [0, 0.05) is 30.6 Å². The second-order valence-corrected chi connectivity index (χ2v) is 5.52. The number of nitrogens with one attached hydrogen (secondary N) is 1. The van der Waals surface area contributed by atoms with Crippen LogP contribution in [0.15, 0.2) is 54.9 Å². The van der Waals surface area contributed by atoms with Gasteiger partial charge >= 0.3 is 0 Å². The van der Waals surface area contributed by atoms with Crippen molar-refractivity contribution in [3.05, 3.63) is 70.5 Å². The van der Waals surface area contributed by atoms with Gasteiger partial charge in [-0.15, -0.1) is 0 Å². The number of ether oxygens (including phenoxy) is 1. The summed E-state index contributed by atoms with van der Waals surface area (Å²) in [4.78, 5) is 18.9. The highest BCUT2D eigenvalue weighted by Crippen LogP contribution is 2.30. The van der Waals surface area contributed by atoms with Crippen LogP contribution in [-0.4, -0.2) is 22.0 Å². The van der Waals surface area contributed by atoms with Crippen LogP contribution in [0.4, 0.5) is 17.3 Å². The smallest absolute Gasteiger partial charge is 0.292 e. The van der Waals surface area contributed by atoms with Crippen molar-refractivity contribution in [2.75, 3.05) is 18.2 Å². The predicted octanol–water partition coefficient (Wildman–Crippen LogP) is 3.25. The maximum absolute atomic E-state index is 11.5. The zero-order valence-corrected chi connectivity index (χ0v) is 14.0. The van der Waals surface area contributed by atoms with E-state index in [-0.39, 0.29) is 11.6 Å². The van der Waals surface area contributed by atoms with Crippen molar-refractivity contribution in [2.45, 2.75) is 6.54 Å². The van der Waals surface area contributed by atoms with Gasteiger partial charge in [-0.05, 0) is 29.3 Å². The Hall–Kier alpha value is -3.68. The molecule has 0 fully saturated rings. The van der Waals surface area contributed by atoms with Crippen molar-refractivity contribution >= 4 is 17.3 Å². The molecule has 0 radical (unpaired) electrons. The van der Waals surface area contributed by atoms with Gasteiger partial charge in [0.1, 0.15) is 11.4 Å². The molecule has 0 aliphatic rings. The first-order chi connectivity index (χ1) is 12.6. The first kappa shape index (κ1) is 17.2. The molecule has 1 heterocycles. The summed E-state index contributed by atoms with van der Waals surface area (Å²) < 4.78 is 5.12. The molecule has 8 heteroatoms. The number of benzene rings is 2. The molecule has 0 aliphatic heterocycles. The quantitative estimate of drug-likeness (QED) is 0.517. The summed E-state index contributed by atoms with van der Waals surface area (Å²) in [5, 5.41) is 14.6. The Morgan fingerprint density at radius 3 is 2.42 bits per heavy atom. The van der Waals surface area contributed by atoms with Crippen LogP contribution < -0.4 is 15.8 Å². The lowest BCUT2D eigenvalue weighted by Gasteiger charge is -2.09. The Morgan fingerprint density at radius 1 is 1.12 bits per heavy atom. The Morgan fingerprint density at radius 2 is 1.81 bits per heavy atom. The third-order valence-corrected chi connectivity index (χ3v) is 3.84. The van der Waals surface area contributed by atoms with Gasteiger partial charge in [-0.2, -0.15) is 0 Å². The molecule has 132 valence electrons. The van der Waals surface area contributed by atoms with Gasteiger partial charge in [0.05, 0.1) is 12.0 Å². The molecule has 0 saturated heterocycles. The fourth-order valence-corrected chi connectivity index (χ4v) is 2.44. The minimum absolute atomic E-state index is 0.0205. The Bertz CT molecular complexity index is 911. The van der Waals surface area contributed by atoms with Crippen LogP contribution in [0.1, 0.15) is 5.56 Å². The summed E-state index contributed by atoms with van der Waals surface area (Å²) in [5.74, 6) is 0.913. The number of nitro benzene ring substituents is 1. The van der Waals surface area contributed by atoms with E-state index in [1.807, 2.05) is 24.3 Å². The van der Waals surface area contributed by atoms with E-state index in [1.54, 1.807) is 19.2 Å². The molecule has 3 N–H and O–H groups in total. The molecular weight excluding hydrogens is 334 g/mol. The molecule has 0 saturated carbocycles. The summed E-state index contributed by atoms with van der Waals surface area (Å²) in [6.45, 7) is 0.454. The largest absolute Gasteiger partial charge is 0.497 e. The Balaban J connectivity index is 1.82. The molecule has 0 spiro atoms. The van der Waals surface area contributed by atoms with Crippen LogP contribution in [0.3, 0.4) is 0 Å². The Kier molecular flexibility index (Phi) is 4.93. The van der Waals surface area contributed by atoms with E-state index in [2.05, 4.69) is 15.3 Å². The highest BCUT2D eigenvalue weighted by atomic mass is 16.6. The number of hydrogen-bond acceptors (Lipinski definition) is 7. The van der Waals surface area contributed by atoms with Crippen LogP contribution in [0, 0.1) is 10.1 Å². The summed E-state index contributed by atoms with van der Waals surface area (Å²) in [7, 11) is 1.60. The topological polar surface area (TPSA) is 116 Å². The van der Waals surface area contributed by atoms with Gasteiger partial charge in [-0.1, -0.05) is 18.2 Å². The summed E-state index contributed by atoms with van der Waals surface area (Å²) in [6, 6.07) is 12.4. The SMILES string of the molecule is COc1ccc(CNc2ccc(-c3cnc(N)nc3)cc2[N+](=O)[O-])cc1. The number of anilines is 2. The number of nitrogens with two attached hydrogens (primary N) is 1. The van der Waals surface area contributed by atoms with Gasteiger partial charge in [0.2, 0.25) is 5.95 Å². The summed E-state index contributed by atoms with van der Waals surface area (Å²) in [5.41, 5.74) is 8.17. The summed E-state index contributed by atoms with van der Waals surface area (Å²) >= 11 is 0. The third-order valence-electron chi connectivity index (χ3n) is 3.84. The number of nitrogen functional groups attached to an aromatic ring is 1. The van der Waals surface area contributed by atoms with Crippen LogP contribution in [0.2, 0.25) is 0 Å². The second kappa shape index (κ2) is 7.47. The highest BCUT2D eigenvalue weighted by Gasteiger charge is 2.15. The molecule has 8 nitrogen and oxygen atoms in total. The molecule has 0 unspecified atom stereocenters. The van der Waals surface area contributed by atoms with Gasteiger partial charge in [0.15, 0.2) is 0 Å². The predicted molar refractivity (Wildman–Crippen MR) is 98.9 cm³/mol. The summed E-state index contributed by atoms with van der Waals surface area (Å²) in [6.07, 6.45) is 3.07. The number of nitrogens with zero attached hydrogens (tertiary/aromatic N) is 3. The molecule has 1 aromatic heterocycles. The molecule has 2 aromatic carbocycles. The van der Waals surface area contributed by atoms with E-state index in [9.17, 15) is 10.1 Å². The average molecular weight is 351 g/mol. The highest BCUT2D eigenvalue weighted by molar-refractivity contribution is 5.73. The lowest BCUT2D eigenvalue weighted by atomic mass is 10.1. The maximum Gasteiger partial charge on any atom is 0.292 e. The zero-order valence-electron chi connectivity index (χ0n) is 14.0. The van der Waals surface area contributed by atoms with Crippen molar-refractivity contribution in [1.82, 2.24) is 9.97 Å². The van der Waals surface area contributed by atoms with E-state index in [0.29, 0.717) is 23.4 Å². The van der Waals surface area contributed by atoms with Crippen LogP contribution in [-0.2, 0) is 6.54 Å². The van der Waals surface area contributed by atoms with Crippen molar-refractivity contribution in [2.24, 2.45) is 0 Å². The molecule has 3 aromatic rings. The van der Waals surface area contributed by atoms with Crippen LogP contribution >= 0.6 is 0 Å². The molecule has 0 amide bonds. The lowest BCUT2D eigenvalue weighted by Crippen LogP contribution is -2.03. The number of nitro groups is 1. The number of hydrogen-bond donors (Lipinski definition) is 2. The number of methoxy groups -OCH3 is 1. The minimum atomic E-state index is -0.419. The van der Waals surface area contributed by atoms with Crippen LogP contribution in [0.5, 0.6) is 5.75 Å². The zero-order chi connectivity index (χ0) is 18.5. The second-order valence-electron chi connectivity index (χ2n) is 5.52. The molecule has 0 bridgehead atoms. The fraction of sp³-hybridized carbons (Fsp3) is 0.111. The van der Waals surface area contributed by atoms with Crippen molar-refractivity contribution in [3.8, 4) is 16.9 Å². The minimum Gasteiger partial charge on any atom is -0.497 e. The lowest BCUT2D eigenvalue weighted by molar-refractivity contribution is -0.383. The average Bonchev–Trinajstić information content (AvgIpc) is 2.67. The van der Waals surface area contributed by atoms with E-state index in [0.717, 1.165) is 11.3 Å². The van der Waals surface area contributed by atoms with Crippen LogP contribution in [0.25, 0.3) is 11.1 Å².